The van der Waals surface area contributed by atoms with Crippen LogP contribution in [0.25, 0.3) is 11.1 Å². The minimum Gasteiger partial charge on any atom is -1.00 e. The van der Waals surface area contributed by atoms with Crippen LogP contribution in [-0.2, 0) is 26.2 Å². The van der Waals surface area contributed by atoms with Crippen LogP contribution in [0.1, 0.15) is 29.0 Å². The van der Waals surface area contributed by atoms with Gasteiger partial charge in [0.1, 0.15) is 0 Å². The standard InChI is InChI=1S/C19H15.2ClH.Zr/c1-13-10-11-17-18(12-13)15-8-4-5-9-16(15)19(17)14-6-2-3-7-14;;;/h2-6,8-10,12,19H,7H2,1H3;2*1H;/q-1;;;+3/p-2. The van der Waals surface area contributed by atoms with Gasteiger partial charge in [-0.15, -0.1) is 11.1 Å². The van der Waals surface area contributed by atoms with Gasteiger partial charge in [-0.2, -0.15) is 23.8 Å². The zero-order valence-electron chi connectivity index (χ0n) is 12.2. The number of benzene rings is 2. The Morgan fingerprint density at radius 1 is 1.09 bits per heavy atom. The van der Waals surface area contributed by atoms with E-state index in [4.69, 9.17) is 0 Å². The molecule has 0 nitrogen and oxygen atoms in total. The summed E-state index contributed by atoms with van der Waals surface area (Å²) in [7, 11) is 0. The van der Waals surface area contributed by atoms with Crippen LogP contribution in [0.5, 0.6) is 0 Å². The van der Waals surface area contributed by atoms with Crippen molar-refractivity contribution in [3.63, 3.8) is 0 Å². The first-order chi connectivity index (χ1) is 9.34. The molecule has 2 aromatic rings. The van der Waals surface area contributed by atoms with Crippen LogP contribution in [0.2, 0.25) is 0 Å². The van der Waals surface area contributed by atoms with Crippen molar-refractivity contribution >= 4 is 0 Å². The summed E-state index contributed by atoms with van der Waals surface area (Å²) in [6, 6.07) is 16.7. The van der Waals surface area contributed by atoms with E-state index in [1.807, 2.05) is 0 Å². The normalized spacial score (nSPS) is 16.6. The minimum absolute atomic E-state index is 0. The summed E-state index contributed by atoms with van der Waals surface area (Å²) in [5.41, 5.74) is 8.32. The molecule has 1 atom stereocenters. The van der Waals surface area contributed by atoms with E-state index >= 15 is 0 Å². The quantitative estimate of drug-likeness (QED) is 0.523. The van der Waals surface area contributed by atoms with Gasteiger partial charge in [-0.3, -0.25) is 0 Å². The van der Waals surface area contributed by atoms with E-state index in [1.165, 1.54) is 33.4 Å². The predicted molar refractivity (Wildman–Crippen MR) is 79.1 cm³/mol. The summed E-state index contributed by atoms with van der Waals surface area (Å²) < 4.78 is 0. The van der Waals surface area contributed by atoms with Crippen LogP contribution in [0.3, 0.4) is 0 Å². The monoisotopic (exact) mass is 403 g/mol. The van der Waals surface area contributed by atoms with Crippen LogP contribution < -0.4 is 24.8 Å². The van der Waals surface area contributed by atoms with Gasteiger partial charge in [0.05, 0.1) is 0 Å². The van der Waals surface area contributed by atoms with Crippen molar-refractivity contribution in [2.45, 2.75) is 19.3 Å². The van der Waals surface area contributed by atoms with Gasteiger partial charge in [-0.05, 0) is 12.0 Å². The van der Waals surface area contributed by atoms with Crippen molar-refractivity contribution in [3.8, 4) is 11.1 Å². The molecule has 4 rings (SSSR count). The number of hydrogen-bond acceptors (Lipinski definition) is 0. The number of hydrogen-bond donors (Lipinski definition) is 0. The van der Waals surface area contributed by atoms with E-state index in [2.05, 4.69) is 67.6 Å². The Hall–Kier alpha value is -0.617. The fourth-order valence-electron chi connectivity index (χ4n) is 3.29. The molecule has 2 aliphatic carbocycles. The summed E-state index contributed by atoms with van der Waals surface area (Å²) in [5.74, 6) is 0.404. The van der Waals surface area contributed by atoms with Crippen molar-refractivity contribution in [1.29, 1.82) is 0 Å². The van der Waals surface area contributed by atoms with Gasteiger partial charge in [-0.25, -0.2) is 0 Å². The maximum atomic E-state index is 3.52. The summed E-state index contributed by atoms with van der Waals surface area (Å²) in [4.78, 5) is 0. The smallest absolute Gasteiger partial charge is 1.00 e. The molecule has 1 radical (unpaired) electrons. The molecule has 0 heterocycles. The number of fused-ring (bicyclic) bond motifs is 3. The second-order valence-electron chi connectivity index (χ2n) is 5.40. The number of rotatable bonds is 1. The molecule has 22 heavy (non-hydrogen) atoms. The van der Waals surface area contributed by atoms with Crippen molar-refractivity contribution in [1.82, 2.24) is 0 Å². The average molecular weight is 405 g/mol. The summed E-state index contributed by atoms with van der Waals surface area (Å²) in [5, 5.41) is 0. The molecule has 0 saturated carbocycles. The Kier molecular flexibility index (Phi) is 6.87. The Morgan fingerprint density at radius 2 is 1.86 bits per heavy atom. The van der Waals surface area contributed by atoms with Crippen LogP contribution in [0, 0.1) is 13.0 Å². The molecule has 109 valence electrons. The van der Waals surface area contributed by atoms with Gasteiger partial charge in [-0.1, -0.05) is 60.6 Å². The Labute approximate surface area is 163 Å². The van der Waals surface area contributed by atoms with Crippen LogP contribution in [-0.4, -0.2) is 0 Å². The molecule has 2 aliphatic rings. The number of aryl methyl sites for hydroxylation is 1. The van der Waals surface area contributed by atoms with E-state index < -0.39 is 0 Å². The van der Waals surface area contributed by atoms with Crippen molar-refractivity contribution < 1.29 is 51.0 Å². The molecular formula is C19H15Cl2Zr. The second kappa shape index (κ2) is 7.78. The van der Waals surface area contributed by atoms with Gasteiger partial charge in [0, 0.05) is 5.92 Å². The van der Waals surface area contributed by atoms with E-state index in [9.17, 15) is 0 Å². The SMILES string of the molecule is Cc1c[c-]c2c(c1)-c1ccccc1C2C1=CC=CC1.[Cl-].[Cl-].[Zr+3]. The topological polar surface area (TPSA) is 0 Å². The first-order valence-electron chi connectivity index (χ1n) is 6.82. The summed E-state index contributed by atoms with van der Waals surface area (Å²) in [6.07, 6.45) is 7.75. The molecule has 0 aliphatic heterocycles. The first-order valence-corrected chi connectivity index (χ1v) is 6.82. The molecule has 0 amide bonds. The fraction of sp³-hybridized carbons (Fsp3) is 0.158. The van der Waals surface area contributed by atoms with Gasteiger partial charge < -0.3 is 24.8 Å². The third kappa shape index (κ3) is 3.04. The third-order valence-electron chi connectivity index (χ3n) is 4.14. The van der Waals surface area contributed by atoms with Gasteiger partial charge in [0.2, 0.25) is 0 Å². The van der Waals surface area contributed by atoms with Gasteiger partial charge in [0.15, 0.2) is 0 Å². The Bertz CT molecular complexity index is 732. The largest absolute Gasteiger partial charge is 3.00 e. The molecule has 0 bridgehead atoms. The number of halogens is 2. The molecule has 0 fully saturated rings. The van der Waals surface area contributed by atoms with Gasteiger partial charge in [0.25, 0.3) is 0 Å². The van der Waals surface area contributed by atoms with Crippen LogP contribution >= 0.6 is 0 Å². The molecule has 0 N–H and O–H groups in total. The van der Waals surface area contributed by atoms with Crippen LogP contribution in [0.4, 0.5) is 0 Å². The molecular weight excluding hydrogens is 390 g/mol. The zero-order valence-corrected chi connectivity index (χ0v) is 16.2. The number of allylic oxidation sites excluding steroid dienone is 4. The van der Waals surface area contributed by atoms with Crippen molar-refractivity contribution in [2.75, 3.05) is 0 Å². The molecule has 0 spiro atoms. The Morgan fingerprint density at radius 3 is 2.59 bits per heavy atom. The third-order valence-corrected chi connectivity index (χ3v) is 4.14. The average Bonchev–Trinajstić information content (AvgIpc) is 3.04. The van der Waals surface area contributed by atoms with Crippen molar-refractivity contribution in [2.24, 2.45) is 0 Å². The molecule has 1 unspecified atom stereocenters. The maximum absolute atomic E-state index is 3.52. The minimum atomic E-state index is 0. The zero-order chi connectivity index (χ0) is 12.8. The molecule has 0 aromatic heterocycles. The molecule has 3 heteroatoms. The van der Waals surface area contributed by atoms with Crippen molar-refractivity contribution in [3.05, 3.63) is 83.0 Å². The van der Waals surface area contributed by atoms with E-state index in [1.54, 1.807) is 0 Å². The van der Waals surface area contributed by atoms with E-state index in [-0.39, 0.29) is 51.0 Å². The fourth-order valence-corrected chi connectivity index (χ4v) is 3.29. The predicted octanol–water partition coefficient (Wildman–Crippen LogP) is -1.20. The first kappa shape index (κ1) is 19.4. The molecule has 0 saturated heterocycles. The second-order valence-corrected chi connectivity index (χ2v) is 5.40. The summed E-state index contributed by atoms with van der Waals surface area (Å²) in [6.45, 7) is 2.14. The van der Waals surface area contributed by atoms with Gasteiger partial charge >= 0.3 is 26.2 Å². The Balaban J connectivity index is 0.000000807. The van der Waals surface area contributed by atoms with E-state index in [0.29, 0.717) is 5.92 Å². The maximum Gasteiger partial charge on any atom is 3.00 e. The van der Waals surface area contributed by atoms with Crippen LogP contribution in [0.15, 0.2) is 60.2 Å². The summed E-state index contributed by atoms with van der Waals surface area (Å²) >= 11 is 0. The molecule has 2 aromatic carbocycles. The van der Waals surface area contributed by atoms with E-state index in [0.717, 1.165) is 6.42 Å².